The Labute approximate surface area is 186 Å². The zero-order chi connectivity index (χ0) is 22.8. The van der Waals surface area contributed by atoms with Gasteiger partial charge in [-0.2, -0.15) is 0 Å². The number of pyridine rings is 1. The number of hydrogen-bond donors (Lipinski definition) is 0. The number of hydrogen-bond acceptors (Lipinski definition) is 8. The molecule has 0 fully saturated rings. The van der Waals surface area contributed by atoms with E-state index in [1.54, 1.807) is 38.2 Å². The van der Waals surface area contributed by atoms with Crippen molar-refractivity contribution in [2.24, 2.45) is 0 Å². The monoisotopic (exact) mass is 450 g/mol. The standard InChI is InChI=1S/C21H18N6O4S/c1-13-14(2)23-12-25(20(13)29)11-19(28)26(10-15-5-3-4-8-22-15)21-24-17-7-6-16(27(30)31)9-18(17)32-21/h3-9,12H,10-11H2,1-2H3. The molecule has 3 heterocycles. The highest BCUT2D eigenvalue weighted by molar-refractivity contribution is 7.22. The van der Waals surface area contributed by atoms with Gasteiger partial charge in [0.05, 0.1) is 33.7 Å². The Balaban J connectivity index is 1.72. The fraction of sp³-hybridized carbons (Fsp3) is 0.190. The number of carbonyl (C=O) groups excluding carboxylic acids is 1. The largest absolute Gasteiger partial charge is 0.289 e. The maximum Gasteiger partial charge on any atom is 0.270 e. The lowest BCUT2D eigenvalue weighted by Crippen LogP contribution is -2.37. The van der Waals surface area contributed by atoms with Gasteiger partial charge in [0.25, 0.3) is 11.2 Å². The molecule has 162 valence electrons. The molecule has 0 saturated carbocycles. The van der Waals surface area contributed by atoms with Crippen molar-refractivity contribution < 1.29 is 9.72 Å². The Morgan fingerprint density at radius 3 is 2.75 bits per heavy atom. The summed E-state index contributed by atoms with van der Waals surface area (Å²) in [5, 5.41) is 11.5. The first-order chi connectivity index (χ1) is 15.3. The van der Waals surface area contributed by atoms with E-state index < -0.39 is 4.92 Å². The summed E-state index contributed by atoms with van der Waals surface area (Å²) in [5.41, 5.74) is 1.92. The SMILES string of the molecule is Cc1ncn(CC(=O)N(Cc2ccccn2)c2nc3ccc([N+](=O)[O-])cc3s2)c(=O)c1C. The lowest BCUT2D eigenvalue weighted by Gasteiger charge is -2.20. The molecule has 0 aliphatic rings. The molecule has 1 amide bonds. The van der Waals surface area contributed by atoms with Crippen LogP contribution >= 0.6 is 11.3 Å². The van der Waals surface area contributed by atoms with Gasteiger partial charge in [0, 0.05) is 29.6 Å². The van der Waals surface area contributed by atoms with Crippen LogP contribution in [0.25, 0.3) is 10.2 Å². The molecule has 0 aliphatic carbocycles. The van der Waals surface area contributed by atoms with Gasteiger partial charge in [-0.25, -0.2) is 9.97 Å². The van der Waals surface area contributed by atoms with E-state index in [4.69, 9.17) is 0 Å². The summed E-state index contributed by atoms with van der Waals surface area (Å²) in [6.45, 7) is 3.30. The van der Waals surface area contributed by atoms with Crippen molar-refractivity contribution in [3.05, 3.63) is 86.3 Å². The van der Waals surface area contributed by atoms with Crippen LogP contribution in [0, 0.1) is 24.0 Å². The fourth-order valence-electron chi connectivity index (χ4n) is 3.07. The van der Waals surface area contributed by atoms with Crippen LogP contribution in [0.1, 0.15) is 17.0 Å². The Hall–Kier alpha value is -3.99. The number of rotatable bonds is 6. The van der Waals surface area contributed by atoms with Gasteiger partial charge < -0.3 is 0 Å². The predicted octanol–water partition coefficient (Wildman–Crippen LogP) is 3.01. The molecule has 4 rings (SSSR count). The molecule has 0 spiro atoms. The van der Waals surface area contributed by atoms with Crippen molar-refractivity contribution >= 4 is 38.3 Å². The van der Waals surface area contributed by atoms with Gasteiger partial charge in [0.1, 0.15) is 6.54 Å². The summed E-state index contributed by atoms with van der Waals surface area (Å²) in [5.74, 6) is -0.378. The van der Waals surface area contributed by atoms with Crippen molar-refractivity contribution in [1.29, 1.82) is 0 Å². The van der Waals surface area contributed by atoms with E-state index in [2.05, 4.69) is 15.0 Å². The lowest BCUT2D eigenvalue weighted by atomic mass is 10.2. The molecule has 0 radical (unpaired) electrons. The maximum atomic E-state index is 13.3. The smallest absolute Gasteiger partial charge is 0.270 e. The first-order valence-corrected chi connectivity index (χ1v) is 10.4. The molecule has 0 N–H and O–H groups in total. The third-order valence-corrected chi connectivity index (χ3v) is 6.01. The van der Waals surface area contributed by atoms with Crippen LogP contribution in [-0.2, 0) is 17.9 Å². The van der Waals surface area contributed by atoms with Crippen LogP contribution in [0.3, 0.4) is 0 Å². The van der Waals surface area contributed by atoms with E-state index in [0.717, 1.165) is 11.3 Å². The first-order valence-electron chi connectivity index (χ1n) is 9.61. The second kappa shape index (κ2) is 8.63. The topological polar surface area (TPSA) is 124 Å². The number of thiazole rings is 1. The molecule has 0 atom stereocenters. The second-order valence-electron chi connectivity index (χ2n) is 7.09. The van der Waals surface area contributed by atoms with Crippen molar-refractivity contribution in [1.82, 2.24) is 19.5 Å². The van der Waals surface area contributed by atoms with Gasteiger partial charge in [-0.1, -0.05) is 17.4 Å². The molecule has 32 heavy (non-hydrogen) atoms. The molecule has 0 saturated heterocycles. The molecule has 0 aliphatic heterocycles. The van der Waals surface area contributed by atoms with Crippen LogP contribution < -0.4 is 10.5 Å². The van der Waals surface area contributed by atoms with E-state index in [9.17, 15) is 19.7 Å². The van der Waals surface area contributed by atoms with E-state index in [1.165, 1.54) is 27.9 Å². The Kier molecular flexibility index (Phi) is 5.73. The van der Waals surface area contributed by atoms with Gasteiger partial charge in [0.15, 0.2) is 5.13 Å². The highest BCUT2D eigenvalue weighted by atomic mass is 32.1. The zero-order valence-electron chi connectivity index (χ0n) is 17.3. The molecule has 0 bridgehead atoms. The van der Waals surface area contributed by atoms with Gasteiger partial charge in [-0.15, -0.1) is 0 Å². The number of amides is 1. The van der Waals surface area contributed by atoms with E-state index in [1.807, 2.05) is 6.07 Å². The van der Waals surface area contributed by atoms with Crippen molar-refractivity contribution in [2.45, 2.75) is 26.9 Å². The zero-order valence-corrected chi connectivity index (χ0v) is 18.1. The molecule has 11 heteroatoms. The minimum absolute atomic E-state index is 0.0527. The molecule has 10 nitrogen and oxygen atoms in total. The summed E-state index contributed by atoms with van der Waals surface area (Å²) in [6.07, 6.45) is 2.97. The summed E-state index contributed by atoms with van der Waals surface area (Å²) in [7, 11) is 0. The van der Waals surface area contributed by atoms with Crippen molar-refractivity contribution in [2.75, 3.05) is 4.90 Å². The van der Waals surface area contributed by atoms with Gasteiger partial charge in [-0.05, 0) is 32.0 Å². The van der Waals surface area contributed by atoms with Gasteiger partial charge in [0.2, 0.25) is 5.91 Å². The van der Waals surface area contributed by atoms with E-state index in [-0.39, 0.29) is 30.2 Å². The minimum atomic E-state index is -0.477. The first kappa shape index (κ1) is 21.2. The predicted molar refractivity (Wildman–Crippen MR) is 120 cm³/mol. The summed E-state index contributed by atoms with van der Waals surface area (Å²) < 4.78 is 1.84. The number of nitro groups is 1. The number of aryl methyl sites for hydroxylation is 1. The van der Waals surface area contributed by atoms with Crippen LogP contribution in [0.15, 0.2) is 53.7 Å². The van der Waals surface area contributed by atoms with Gasteiger partial charge >= 0.3 is 0 Å². The molecule has 0 unspecified atom stereocenters. The number of aromatic nitrogens is 4. The third kappa shape index (κ3) is 4.23. The molecule has 4 aromatic rings. The van der Waals surface area contributed by atoms with E-state index in [0.29, 0.717) is 32.3 Å². The highest BCUT2D eigenvalue weighted by Gasteiger charge is 2.22. The highest BCUT2D eigenvalue weighted by Crippen LogP contribution is 2.32. The lowest BCUT2D eigenvalue weighted by molar-refractivity contribution is -0.384. The van der Waals surface area contributed by atoms with E-state index >= 15 is 0 Å². The molecule has 3 aromatic heterocycles. The Bertz CT molecular complexity index is 1380. The molecular weight excluding hydrogens is 432 g/mol. The molecule has 1 aromatic carbocycles. The quantitative estimate of drug-likeness (QED) is 0.327. The number of anilines is 1. The average molecular weight is 450 g/mol. The maximum absolute atomic E-state index is 13.3. The summed E-state index contributed by atoms with van der Waals surface area (Å²) in [6, 6.07) is 9.71. The molecular formula is C21H18N6O4S. The number of non-ortho nitro benzene ring substituents is 1. The van der Waals surface area contributed by atoms with Gasteiger partial charge in [-0.3, -0.25) is 34.2 Å². The van der Waals surface area contributed by atoms with Crippen LogP contribution in [0.4, 0.5) is 10.8 Å². The third-order valence-electron chi connectivity index (χ3n) is 4.97. The van der Waals surface area contributed by atoms with Crippen LogP contribution in [0.5, 0.6) is 0 Å². The average Bonchev–Trinajstić information content (AvgIpc) is 3.21. The number of benzene rings is 1. The Morgan fingerprint density at radius 2 is 2.03 bits per heavy atom. The number of nitro benzene ring substituents is 1. The number of fused-ring (bicyclic) bond motifs is 1. The normalized spacial score (nSPS) is 10.9. The number of carbonyl (C=O) groups is 1. The van der Waals surface area contributed by atoms with Crippen molar-refractivity contribution in [3.8, 4) is 0 Å². The fourth-order valence-corrected chi connectivity index (χ4v) is 4.08. The second-order valence-corrected chi connectivity index (χ2v) is 8.10. The summed E-state index contributed by atoms with van der Waals surface area (Å²) in [4.78, 5) is 50.8. The number of nitrogens with zero attached hydrogens (tertiary/aromatic N) is 6. The summed E-state index contributed by atoms with van der Waals surface area (Å²) >= 11 is 1.16. The van der Waals surface area contributed by atoms with Crippen molar-refractivity contribution in [3.63, 3.8) is 0 Å². The minimum Gasteiger partial charge on any atom is -0.289 e. The van der Waals surface area contributed by atoms with Crippen LogP contribution in [-0.4, -0.2) is 30.3 Å². The Morgan fingerprint density at radius 1 is 1.22 bits per heavy atom. The van der Waals surface area contributed by atoms with Crippen LogP contribution in [0.2, 0.25) is 0 Å².